The molecule has 1 aliphatic heterocycles. The quantitative estimate of drug-likeness (QED) is 0.889. The fourth-order valence-electron chi connectivity index (χ4n) is 3.54. The molecule has 2 aromatic heterocycles. The molecule has 1 aliphatic carbocycles. The van der Waals surface area contributed by atoms with Gasteiger partial charge in [0.2, 0.25) is 5.91 Å². The van der Waals surface area contributed by atoms with Gasteiger partial charge < -0.3 is 15.2 Å². The van der Waals surface area contributed by atoms with Crippen LogP contribution in [0.3, 0.4) is 0 Å². The summed E-state index contributed by atoms with van der Waals surface area (Å²) in [6.07, 6.45) is 1.83. The number of hydrogen-bond acceptors (Lipinski definition) is 3. The second kappa shape index (κ2) is 5.24. The van der Waals surface area contributed by atoms with Crippen molar-refractivity contribution in [2.45, 2.75) is 25.7 Å². The predicted molar refractivity (Wildman–Crippen MR) is 86.4 cm³/mol. The molecule has 0 radical (unpaired) electrons. The molecule has 2 N–H and O–H groups in total. The first kappa shape index (κ1) is 16.0. The second-order valence-electron chi connectivity index (χ2n) is 7.01. The lowest BCUT2D eigenvalue weighted by Gasteiger charge is -2.16. The van der Waals surface area contributed by atoms with E-state index in [-0.39, 0.29) is 25.4 Å². The summed E-state index contributed by atoms with van der Waals surface area (Å²) in [7, 11) is 0. The number of amides is 2. The number of hydrogen-bond donors (Lipinski definition) is 2. The number of carbonyl (C=O) groups is 2. The molecule has 132 valence electrons. The third kappa shape index (κ3) is 2.65. The van der Waals surface area contributed by atoms with Crippen molar-refractivity contribution in [3.63, 3.8) is 0 Å². The van der Waals surface area contributed by atoms with Gasteiger partial charge in [-0.2, -0.15) is 0 Å². The second-order valence-corrected chi connectivity index (χ2v) is 7.01. The fraction of sp³-hybridized carbons (Fsp3) is 0.471. The van der Waals surface area contributed by atoms with Gasteiger partial charge in [0.1, 0.15) is 5.69 Å². The number of aromatic nitrogens is 2. The smallest absolute Gasteiger partial charge is 0.268 e. The van der Waals surface area contributed by atoms with Crippen LogP contribution in [0.4, 0.5) is 8.78 Å². The summed E-state index contributed by atoms with van der Waals surface area (Å²) in [6.45, 7) is 2.05. The van der Waals surface area contributed by atoms with Gasteiger partial charge in [-0.1, -0.05) is 0 Å². The maximum Gasteiger partial charge on any atom is 0.268 e. The normalized spacial score (nSPS) is 24.0. The number of H-pyrrole nitrogens is 1. The van der Waals surface area contributed by atoms with Gasteiger partial charge in [0.15, 0.2) is 0 Å². The number of rotatable bonds is 3. The molecule has 0 bridgehead atoms. The van der Waals surface area contributed by atoms with Gasteiger partial charge in [-0.15, -0.1) is 0 Å². The van der Waals surface area contributed by atoms with Gasteiger partial charge >= 0.3 is 0 Å². The summed E-state index contributed by atoms with van der Waals surface area (Å²) in [5, 5.41) is 3.41. The van der Waals surface area contributed by atoms with Crippen molar-refractivity contribution in [3.8, 4) is 0 Å². The van der Waals surface area contributed by atoms with Gasteiger partial charge in [0, 0.05) is 30.6 Å². The first-order valence-electron chi connectivity index (χ1n) is 8.19. The lowest BCUT2D eigenvalue weighted by atomic mass is 10.1. The minimum Gasteiger partial charge on any atom is -0.349 e. The number of pyridine rings is 1. The zero-order valence-electron chi connectivity index (χ0n) is 13.7. The SMILES string of the molecule is Cc1cc2cc(C(=O)NCC(=O)N3CCC4(C3)CC4(F)F)[nH]c2cn1. The Kier molecular flexibility index (Phi) is 3.35. The number of nitrogens with zero attached hydrogens (tertiary/aromatic N) is 2. The van der Waals surface area contributed by atoms with Crippen molar-refractivity contribution in [2.75, 3.05) is 19.6 Å². The van der Waals surface area contributed by atoms with E-state index in [9.17, 15) is 18.4 Å². The van der Waals surface area contributed by atoms with Crippen molar-refractivity contribution in [1.82, 2.24) is 20.2 Å². The monoisotopic (exact) mass is 348 g/mol. The van der Waals surface area contributed by atoms with E-state index in [1.165, 1.54) is 4.90 Å². The molecule has 1 atom stereocenters. The molecule has 8 heteroatoms. The molecular formula is C17H18F2N4O2. The van der Waals surface area contributed by atoms with E-state index >= 15 is 0 Å². The van der Waals surface area contributed by atoms with Gasteiger partial charge in [-0.05, 0) is 25.5 Å². The summed E-state index contributed by atoms with van der Waals surface area (Å²) >= 11 is 0. The molecule has 6 nitrogen and oxygen atoms in total. The van der Waals surface area contributed by atoms with E-state index in [1.807, 2.05) is 13.0 Å². The average molecular weight is 348 g/mol. The van der Waals surface area contributed by atoms with E-state index in [2.05, 4.69) is 15.3 Å². The van der Waals surface area contributed by atoms with Crippen molar-refractivity contribution in [3.05, 3.63) is 29.7 Å². The lowest BCUT2D eigenvalue weighted by Crippen LogP contribution is -2.39. The van der Waals surface area contributed by atoms with Crippen LogP contribution in [0.2, 0.25) is 0 Å². The largest absolute Gasteiger partial charge is 0.349 e. The highest BCUT2D eigenvalue weighted by atomic mass is 19.3. The zero-order chi connectivity index (χ0) is 17.8. The van der Waals surface area contributed by atoms with Crippen LogP contribution in [-0.4, -0.2) is 52.2 Å². The zero-order valence-corrected chi connectivity index (χ0v) is 13.7. The summed E-state index contributed by atoms with van der Waals surface area (Å²) in [5.74, 6) is -3.39. The van der Waals surface area contributed by atoms with Crippen LogP contribution in [0, 0.1) is 12.3 Å². The van der Waals surface area contributed by atoms with Crippen molar-refractivity contribution >= 4 is 22.7 Å². The summed E-state index contributed by atoms with van der Waals surface area (Å²) < 4.78 is 26.8. The minimum atomic E-state index is -2.65. The Morgan fingerprint density at radius 3 is 2.84 bits per heavy atom. The van der Waals surface area contributed by atoms with Gasteiger partial charge in [-0.3, -0.25) is 14.6 Å². The van der Waals surface area contributed by atoms with Gasteiger partial charge in [0.05, 0.1) is 23.7 Å². The number of carbonyl (C=O) groups excluding carboxylic acids is 2. The molecular weight excluding hydrogens is 330 g/mol. The molecule has 1 unspecified atom stereocenters. The van der Waals surface area contributed by atoms with Gasteiger partial charge in [-0.25, -0.2) is 8.78 Å². The molecule has 25 heavy (non-hydrogen) atoms. The molecule has 1 saturated heterocycles. The van der Waals surface area contributed by atoms with Crippen LogP contribution in [0.15, 0.2) is 18.3 Å². The Morgan fingerprint density at radius 1 is 1.40 bits per heavy atom. The number of alkyl halides is 2. The molecule has 0 aromatic carbocycles. The van der Waals surface area contributed by atoms with Crippen LogP contribution in [-0.2, 0) is 4.79 Å². The Bertz CT molecular complexity index is 879. The van der Waals surface area contributed by atoms with Crippen molar-refractivity contribution in [1.29, 1.82) is 0 Å². The summed E-state index contributed by atoms with van der Waals surface area (Å²) in [4.78, 5) is 32.9. The van der Waals surface area contributed by atoms with Crippen LogP contribution < -0.4 is 5.32 Å². The molecule has 2 aliphatic rings. The van der Waals surface area contributed by atoms with E-state index in [4.69, 9.17) is 0 Å². The average Bonchev–Trinajstić information content (AvgIpc) is 2.93. The lowest BCUT2D eigenvalue weighted by molar-refractivity contribution is -0.129. The van der Waals surface area contributed by atoms with Crippen LogP contribution in [0.1, 0.15) is 29.0 Å². The van der Waals surface area contributed by atoms with E-state index < -0.39 is 17.2 Å². The summed E-state index contributed by atoms with van der Waals surface area (Å²) in [6, 6.07) is 3.55. The fourth-order valence-corrected chi connectivity index (χ4v) is 3.54. The molecule has 1 saturated carbocycles. The van der Waals surface area contributed by atoms with Crippen LogP contribution in [0.5, 0.6) is 0 Å². The first-order chi connectivity index (χ1) is 11.8. The number of aromatic amines is 1. The van der Waals surface area contributed by atoms with Crippen molar-refractivity contribution < 1.29 is 18.4 Å². The highest BCUT2D eigenvalue weighted by Gasteiger charge is 2.72. The Morgan fingerprint density at radius 2 is 2.16 bits per heavy atom. The molecule has 1 spiro atoms. The van der Waals surface area contributed by atoms with Crippen LogP contribution >= 0.6 is 0 Å². The standard InChI is InChI=1S/C17H18F2N4O2/c1-10-4-11-5-12(22-13(11)6-20-10)15(25)21-7-14(24)23-3-2-16(9-23)8-17(16,18)19/h4-6,22H,2-3,7-9H2,1H3,(H,21,25). The molecule has 4 rings (SSSR count). The number of fused-ring (bicyclic) bond motifs is 1. The van der Waals surface area contributed by atoms with Gasteiger partial charge in [0.25, 0.3) is 11.8 Å². The summed E-state index contributed by atoms with van der Waals surface area (Å²) in [5.41, 5.74) is 0.893. The number of likely N-dealkylation sites (tertiary alicyclic amines) is 1. The molecule has 2 fully saturated rings. The van der Waals surface area contributed by atoms with Crippen molar-refractivity contribution in [2.24, 2.45) is 5.41 Å². The number of halogens is 2. The van der Waals surface area contributed by atoms with E-state index in [0.29, 0.717) is 18.7 Å². The third-order valence-corrected chi connectivity index (χ3v) is 5.20. The molecule has 2 amide bonds. The first-order valence-corrected chi connectivity index (χ1v) is 8.19. The highest BCUT2D eigenvalue weighted by molar-refractivity contribution is 5.99. The maximum atomic E-state index is 13.4. The maximum absolute atomic E-state index is 13.4. The minimum absolute atomic E-state index is 0.0754. The topological polar surface area (TPSA) is 78.1 Å². The Balaban J connectivity index is 1.36. The Hall–Kier alpha value is -2.51. The highest BCUT2D eigenvalue weighted by Crippen LogP contribution is 2.64. The van der Waals surface area contributed by atoms with E-state index in [1.54, 1.807) is 12.3 Å². The predicted octanol–water partition coefficient (Wildman–Crippen LogP) is 1.86. The Labute approximate surface area is 142 Å². The molecule has 2 aromatic rings. The molecule has 3 heterocycles. The van der Waals surface area contributed by atoms with E-state index in [0.717, 1.165) is 16.6 Å². The number of aryl methyl sites for hydroxylation is 1. The van der Waals surface area contributed by atoms with Crippen LogP contribution in [0.25, 0.3) is 10.9 Å². The number of nitrogens with one attached hydrogen (secondary N) is 2. The third-order valence-electron chi connectivity index (χ3n) is 5.20.